The molecule has 0 unspecified atom stereocenters. The number of carbonyl (C=O) groups is 1. The van der Waals surface area contributed by atoms with Gasteiger partial charge in [0.05, 0.1) is 12.0 Å². The number of furan rings is 1. The van der Waals surface area contributed by atoms with Crippen molar-refractivity contribution in [2.45, 2.75) is 51.2 Å². The molecule has 1 amide bonds. The number of hydrogen-bond donors (Lipinski definition) is 2. The largest absolute Gasteiger partial charge is 0.459 e. The van der Waals surface area contributed by atoms with Gasteiger partial charge >= 0.3 is 0 Å². The van der Waals surface area contributed by atoms with Gasteiger partial charge in [-0.05, 0) is 62.1 Å². The minimum absolute atomic E-state index is 0. The topological polar surface area (TPSA) is 54.3 Å². The van der Waals surface area contributed by atoms with Crippen LogP contribution in [0.2, 0.25) is 5.02 Å². The SMILES string of the molecule is CC[C@@]1(C(=O)NCc2ccc(-c3ccc(Cl)cc3)o2)C[C@@H]2CC[C@H]1N2.Cl. The van der Waals surface area contributed by atoms with E-state index in [-0.39, 0.29) is 23.7 Å². The predicted octanol–water partition coefficient (Wildman–Crippen LogP) is 4.56. The van der Waals surface area contributed by atoms with E-state index in [2.05, 4.69) is 17.6 Å². The van der Waals surface area contributed by atoms with Crippen LogP contribution in [0.4, 0.5) is 0 Å². The van der Waals surface area contributed by atoms with Crippen LogP contribution in [0.1, 0.15) is 38.4 Å². The zero-order chi connectivity index (χ0) is 17.4. The molecule has 1 aromatic carbocycles. The summed E-state index contributed by atoms with van der Waals surface area (Å²) < 4.78 is 5.88. The molecule has 4 rings (SSSR count). The van der Waals surface area contributed by atoms with Crippen molar-refractivity contribution in [1.82, 2.24) is 10.6 Å². The van der Waals surface area contributed by atoms with Crippen molar-refractivity contribution in [2.24, 2.45) is 5.41 Å². The monoisotopic (exact) mass is 394 g/mol. The summed E-state index contributed by atoms with van der Waals surface area (Å²) >= 11 is 5.92. The number of carbonyl (C=O) groups excluding carboxylic acids is 1. The third kappa shape index (κ3) is 3.38. The van der Waals surface area contributed by atoms with Crippen LogP contribution in [0.5, 0.6) is 0 Å². The standard InChI is InChI=1S/C20H23ClN2O2.ClH/c1-2-20(11-15-7-10-18(20)23-15)19(24)22-12-16-8-9-17(25-16)13-3-5-14(21)6-4-13;/h3-6,8-9,15,18,23H,2,7,10-12H2,1H3,(H,22,24);1H/t15-,18+,20+;/m0./s1. The van der Waals surface area contributed by atoms with Gasteiger partial charge in [-0.25, -0.2) is 0 Å². The Morgan fingerprint density at radius 1 is 1.27 bits per heavy atom. The maximum absolute atomic E-state index is 12.9. The molecule has 2 saturated heterocycles. The summed E-state index contributed by atoms with van der Waals surface area (Å²) in [6.45, 7) is 2.54. The lowest BCUT2D eigenvalue weighted by Gasteiger charge is -2.34. The van der Waals surface area contributed by atoms with Gasteiger partial charge < -0.3 is 15.1 Å². The number of hydrogen-bond acceptors (Lipinski definition) is 3. The van der Waals surface area contributed by atoms with Gasteiger partial charge in [0, 0.05) is 22.7 Å². The predicted molar refractivity (Wildman–Crippen MR) is 106 cm³/mol. The van der Waals surface area contributed by atoms with Gasteiger partial charge in [-0.1, -0.05) is 18.5 Å². The first kappa shape index (κ1) is 19.3. The fraction of sp³-hybridized carbons (Fsp3) is 0.450. The Balaban J connectivity index is 0.00000196. The van der Waals surface area contributed by atoms with Crippen LogP contribution < -0.4 is 10.6 Å². The Kier molecular flexibility index (Phi) is 5.66. The molecule has 2 aromatic rings. The van der Waals surface area contributed by atoms with Crippen LogP contribution in [0.15, 0.2) is 40.8 Å². The highest BCUT2D eigenvalue weighted by Crippen LogP contribution is 2.45. The van der Waals surface area contributed by atoms with Gasteiger partial charge in [0.25, 0.3) is 0 Å². The summed E-state index contributed by atoms with van der Waals surface area (Å²) in [5, 5.41) is 7.38. The van der Waals surface area contributed by atoms with Crippen LogP contribution in [-0.4, -0.2) is 18.0 Å². The summed E-state index contributed by atoms with van der Waals surface area (Å²) in [6.07, 6.45) is 4.13. The Morgan fingerprint density at radius 2 is 2.04 bits per heavy atom. The van der Waals surface area contributed by atoms with Gasteiger partial charge in [0.2, 0.25) is 5.91 Å². The molecule has 2 N–H and O–H groups in total. The Labute approximate surface area is 165 Å². The molecule has 3 atom stereocenters. The van der Waals surface area contributed by atoms with E-state index in [1.54, 1.807) is 0 Å². The van der Waals surface area contributed by atoms with Gasteiger partial charge in [-0.2, -0.15) is 0 Å². The molecule has 1 aromatic heterocycles. The highest BCUT2D eigenvalue weighted by Gasteiger charge is 2.54. The molecule has 3 heterocycles. The average Bonchev–Trinajstić information content (AvgIpc) is 3.36. The summed E-state index contributed by atoms with van der Waals surface area (Å²) in [7, 11) is 0. The smallest absolute Gasteiger partial charge is 0.228 e. The number of benzene rings is 1. The second-order valence-corrected chi connectivity index (χ2v) is 7.60. The fourth-order valence-corrected chi connectivity index (χ4v) is 4.51. The molecule has 2 aliphatic heterocycles. The van der Waals surface area contributed by atoms with E-state index in [0.717, 1.165) is 36.3 Å². The normalized spacial score (nSPS) is 26.5. The fourth-order valence-electron chi connectivity index (χ4n) is 4.39. The number of fused-ring (bicyclic) bond motifs is 2. The van der Waals surface area contributed by atoms with E-state index >= 15 is 0 Å². The zero-order valence-electron chi connectivity index (χ0n) is 14.8. The second-order valence-electron chi connectivity index (χ2n) is 7.16. The minimum Gasteiger partial charge on any atom is -0.459 e. The Morgan fingerprint density at radius 3 is 2.65 bits per heavy atom. The minimum atomic E-state index is -0.255. The molecule has 6 heteroatoms. The van der Waals surface area contributed by atoms with Crippen LogP contribution in [0.25, 0.3) is 11.3 Å². The number of nitrogens with one attached hydrogen (secondary N) is 2. The molecular formula is C20H24Cl2N2O2. The van der Waals surface area contributed by atoms with Gasteiger partial charge in [0.15, 0.2) is 0 Å². The highest BCUT2D eigenvalue weighted by molar-refractivity contribution is 6.30. The molecule has 2 bridgehead atoms. The van der Waals surface area contributed by atoms with Crippen molar-refractivity contribution in [3.05, 3.63) is 47.2 Å². The average molecular weight is 395 g/mol. The van der Waals surface area contributed by atoms with Crippen LogP contribution in [0, 0.1) is 5.41 Å². The summed E-state index contributed by atoms with van der Waals surface area (Å²) in [6, 6.07) is 12.2. The van der Waals surface area contributed by atoms with Crippen molar-refractivity contribution in [2.75, 3.05) is 0 Å². The lowest BCUT2D eigenvalue weighted by atomic mass is 9.71. The van der Waals surface area contributed by atoms with E-state index in [1.165, 1.54) is 6.42 Å². The van der Waals surface area contributed by atoms with E-state index < -0.39 is 0 Å². The van der Waals surface area contributed by atoms with Crippen LogP contribution in [-0.2, 0) is 11.3 Å². The zero-order valence-corrected chi connectivity index (χ0v) is 16.3. The van der Waals surface area contributed by atoms with Crippen LogP contribution >= 0.6 is 24.0 Å². The molecule has 4 nitrogen and oxygen atoms in total. The first-order valence-electron chi connectivity index (χ1n) is 9.00. The third-order valence-corrected chi connectivity index (χ3v) is 6.07. The van der Waals surface area contributed by atoms with E-state index in [4.69, 9.17) is 16.0 Å². The van der Waals surface area contributed by atoms with Gasteiger partial charge in [-0.15, -0.1) is 12.4 Å². The molecule has 0 radical (unpaired) electrons. The summed E-state index contributed by atoms with van der Waals surface area (Å²) in [5.41, 5.74) is 0.721. The maximum atomic E-state index is 12.9. The van der Waals surface area contributed by atoms with Crippen molar-refractivity contribution in [3.63, 3.8) is 0 Å². The first-order valence-corrected chi connectivity index (χ1v) is 9.37. The van der Waals surface area contributed by atoms with Crippen molar-refractivity contribution in [1.29, 1.82) is 0 Å². The lowest BCUT2D eigenvalue weighted by molar-refractivity contribution is -0.132. The first-order chi connectivity index (χ1) is 12.1. The Hall–Kier alpha value is -1.49. The molecule has 140 valence electrons. The van der Waals surface area contributed by atoms with Gasteiger partial charge in [0.1, 0.15) is 11.5 Å². The third-order valence-electron chi connectivity index (χ3n) is 5.82. The molecule has 26 heavy (non-hydrogen) atoms. The molecule has 2 fully saturated rings. The van der Waals surface area contributed by atoms with E-state index in [1.807, 2.05) is 36.4 Å². The van der Waals surface area contributed by atoms with Crippen molar-refractivity contribution < 1.29 is 9.21 Å². The number of rotatable bonds is 5. The van der Waals surface area contributed by atoms with Gasteiger partial charge in [-0.3, -0.25) is 4.79 Å². The lowest BCUT2D eigenvalue weighted by Crippen LogP contribution is -2.47. The highest BCUT2D eigenvalue weighted by atomic mass is 35.5. The second kappa shape index (κ2) is 7.63. The Bertz CT molecular complexity index is 774. The molecule has 2 aliphatic rings. The van der Waals surface area contributed by atoms with E-state index in [9.17, 15) is 4.79 Å². The quantitative estimate of drug-likeness (QED) is 0.781. The number of halogens is 2. The van der Waals surface area contributed by atoms with Crippen LogP contribution in [0.3, 0.4) is 0 Å². The molecule has 0 saturated carbocycles. The molecule has 0 aliphatic carbocycles. The maximum Gasteiger partial charge on any atom is 0.228 e. The van der Waals surface area contributed by atoms with Crippen molar-refractivity contribution in [3.8, 4) is 11.3 Å². The summed E-state index contributed by atoms with van der Waals surface area (Å²) in [5.74, 6) is 1.70. The molecular weight excluding hydrogens is 371 g/mol. The molecule has 0 spiro atoms. The van der Waals surface area contributed by atoms with Crippen molar-refractivity contribution >= 4 is 29.9 Å². The van der Waals surface area contributed by atoms with E-state index in [0.29, 0.717) is 23.7 Å². The number of amides is 1. The summed E-state index contributed by atoms with van der Waals surface area (Å²) in [4.78, 5) is 12.9.